The van der Waals surface area contributed by atoms with Gasteiger partial charge in [0, 0.05) is 42.6 Å². The number of rotatable bonds is 14. The Bertz CT molecular complexity index is 1600. The molecule has 11 nitrogen and oxygen atoms in total. The average molecular weight is 626 g/mol. The second-order valence-corrected chi connectivity index (χ2v) is 12.2. The summed E-state index contributed by atoms with van der Waals surface area (Å²) in [5.74, 6) is -1.94. The Morgan fingerprint density at radius 3 is 2.02 bits per heavy atom. The number of methoxy groups -OCH3 is 2. The maximum absolute atomic E-state index is 13.0. The number of amides is 1. The molecule has 0 saturated heterocycles. The molecule has 5 rings (SSSR count). The molecule has 234 valence electrons. The van der Waals surface area contributed by atoms with Gasteiger partial charge in [0.25, 0.3) is 0 Å². The third-order valence-corrected chi connectivity index (χ3v) is 9.35. The number of Topliss-reactive ketones (excluding diaryl/α,β-unsaturated/α-hetero) is 1. The lowest BCUT2D eigenvalue weighted by Crippen LogP contribution is -2.37. The Kier molecular flexibility index (Phi) is 9.28. The summed E-state index contributed by atoms with van der Waals surface area (Å²) in [5, 5.41) is 19.3. The fourth-order valence-corrected chi connectivity index (χ4v) is 6.57. The molecule has 1 aliphatic heterocycles. The number of carbonyl (C=O) groups is 4. The summed E-state index contributed by atoms with van der Waals surface area (Å²) in [4.78, 5) is 50.3. The van der Waals surface area contributed by atoms with Crippen molar-refractivity contribution in [1.29, 1.82) is 0 Å². The highest BCUT2D eigenvalue weighted by Crippen LogP contribution is 2.42. The van der Waals surface area contributed by atoms with Crippen LogP contribution in [0.15, 0.2) is 30.3 Å². The van der Waals surface area contributed by atoms with Crippen molar-refractivity contribution in [2.24, 2.45) is 17.8 Å². The molecule has 44 heavy (non-hydrogen) atoms. The lowest BCUT2D eigenvalue weighted by Gasteiger charge is -2.31. The molecule has 1 aliphatic carbocycles. The van der Waals surface area contributed by atoms with Crippen LogP contribution in [0, 0.1) is 17.8 Å². The van der Waals surface area contributed by atoms with Crippen molar-refractivity contribution in [3.05, 3.63) is 46.3 Å². The fourth-order valence-electron chi connectivity index (χ4n) is 5.49. The van der Waals surface area contributed by atoms with E-state index in [4.69, 9.17) is 24.1 Å². The SMILES string of the molecule is COc1cc2c(cc1OCCCOc1cc3cc(C(=O)[C@@H]4CC[C@H]4C(=O)O)sc3cc1OC)CN(C(=O)CC(C)C(=O)O)C2. The zero-order chi connectivity index (χ0) is 31.5. The molecule has 1 amide bonds. The van der Waals surface area contributed by atoms with Crippen molar-refractivity contribution >= 4 is 45.1 Å². The van der Waals surface area contributed by atoms with Crippen LogP contribution in [0.2, 0.25) is 0 Å². The molecular formula is C32H35NO10S. The van der Waals surface area contributed by atoms with Crippen LogP contribution in [-0.2, 0) is 27.5 Å². The molecule has 2 heterocycles. The van der Waals surface area contributed by atoms with E-state index in [2.05, 4.69) is 0 Å². The summed E-state index contributed by atoms with van der Waals surface area (Å²) in [6, 6.07) is 9.14. The summed E-state index contributed by atoms with van der Waals surface area (Å²) >= 11 is 1.33. The molecule has 2 aliphatic rings. The van der Waals surface area contributed by atoms with Gasteiger partial charge in [-0.1, -0.05) is 6.92 Å². The molecule has 2 aromatic carbocycles. The van der Waals surface area contributed by atoms with E-state index in [0.29, 0.717) is 73.4 Å². The van der Waals surface area contributed by atoms with Gasteiger partial charge in [0.2, 0.25) is 5.91 Å². The topological polar surface area (TPSA) is 149 Å². The number of ether oxygens (including phenoxy) is 4. The predicted octanol–water partition coefficient (Wildman–Crippen LogP) is 5.01. The van der Waals surface area contributed by atoms with Crippen LogP contribution < -0.4 is 18.9 Å². The Balaban J connectivity index is 1.17. The number of carboxylic acid groups (broad SMARTS) is 2. The lowest BCUT2D eigenvalue weighted by molar-refractivity contribution is -0.146. The minimum atomic E-state index is -0.996. The van der Waals surface area contributed by atoms with Gasteiger partial charge in [-0.2, -0.15) is 0 Å². The Morgan fingerprint density at radius 1 is 0.864 bits per heavy atom. The van der Waals surface area contributed by atoms with Crippen molar-refractivity contribution in [3.8, 4) is 23.0 Å². The second-order valence-electron chi connectivity index (χ2n) is 11.2. The number of hydrogen-bond donors (Lipinski definition) is 2. The smallest absolute Gasteiger partial charge is 0.307 e. The van der Waals surface area contributed by atoms with E-state index >= 15 is 0 Å². The third-order valence-electron chi connectivity index (χ3n) is 8.24. The van der Waals surface area contributed by atoms with Crippen LogP contribution >= 0.6 is 11.3 Å². The normalized spacial score (nSPS) is 17.8. The monoisotopic (exact) mass is 625 g/mol. The first-order valence-electron chi connectivity index (χ1n) is 14.4. The van der Waals surface area contributed by atoms with E-state index in [0.717, 1.165) is 21.2 Å². The molecular weight excluding hydrogens is 590 g/mol. The van der Waals surface area contributed by atoms with Crippen LogP contribution in [0.1, 0.15) is 53.4 Å². The summed E-state index contributed by atoms with van der Waals surface area (Å²) in [6.45, 7) is 2.95. The quantitative estimate of drug-likeness (QED) is 0.185. The highest BCUT2D eigenvalue weighted by molar-refractivity contribution is 7.20. The van der Waals surface area contributed by atoms with E-state index in [1.165, 1.54) is 18.3 Å². The van der Waals surface area contributed by atoms with Gasteiger partial charge in [0.15, 0.2) is 28.8 Å². The van der Waals surface area contributed by atoms with Gasteiger partial charge < -0.3 is 34.1 Å². The maximum atomic E-state index is 13.0. The third kappa shape index (κ3) is 6.45. The minimum absolute atomic E-state index is 0.0547. The van der Waals surface area contributed by atoms with Gasteiger partial charge in [-0.3, -0.25) is 19.2 Å². The molecule has 3 aromatic rings. The standard InChI is InChI=1S/C32H35NO10S/c1-17(31(36)37)9-29(34)33-15-19-11-23(40-2)26(12-20(19)16-33)43-8-4-7-42-25-10-18-13-28(44-27(18)14-24(25)41-3)30(35)21-5-6-22(21)32(38)39/h10-14,17,21-22H,4-9,15-16H2,1-3H3,(H,36,37)(H,38,39)/t17?,21-,22-/m1/s1. The van der Waals surface area contributed by atoms with Gasteiger partial charge in [-0.05, 0) is 53.6 Å². The molecule has 0 radical (unpaired) electrons. The number of aliphatic carboxylic acids is 2. The number of ketones is 1. The number of carbonyl (C=O) groups excluding carboxylic acids is 2. The number of carboxylic acids is 2. The van der Waals surface area contributed by atoms with Gasteiger partial charge in [0.1, 0.15) is 0 Å². The van der Waals surface area contributed by atoms with Crippen molar-refractivity contribution < 1.29 is 48.3 Å². The number of fused-ring (bicyclic) bond motifs is 2. The molecule has 1 unspecified atom stereocenters. The van der Waals surface area contributed by atoms with Gasteiger partial charge in [-0.25, -0.2) is 0 Å². The number of thiophene rings is 1. The first-order chi connectivity index (χ1) is 21.1. The highest BCUT2D eigenvalue weighted by atomic mass is 32.1. The van der Waals surface area contributed by atoms with Crippen LogP contribution in [0.4, 0.5) is 0 Å². The summed E-state index contributed by atoms with van der Waals surface area (Å²) in [6.07, 6.45) is 1.61. The largest absolute Gasteiger partial charge is 0.493 e. The summed E-state index contributed by atoms with van der Waals surface area (Å²) in [5.41, 5.74) is 1.86. The number of hydrogen-bond acceptors (Lipinski definition) is 9. The fraction of sp³-hybridized carbons (Fsp3) is 0.438. The van der Waals surface area contributed by atoms with Crippen molar-refractivity contribution in [1.82, 2.24) is 4.90 Å². The number of nitrogens with zero attached hydrogens (tertiary/aromatic N) is 1. The van der Waals surface area contributed by atoms with Crippen molar-refractivity contribution in [2.75, 3.05) is 27.4 Å². The van der Waals surface area contributed by atoms with E-state index in [1.807, 2.05) is 24.3 Å². The van der Waals surface area contributed by atoms with Crippen LogP contribution in [0.25, 0.3) is 10.1 Å². The molecule has 3 atom stereocenters. The molecule has 12 heteroatoms. The molecule has 0 bridgehead atoms. The van der Waals surface area contributed by atoms with E-state index in [-0.39, 0.29) is 18.1 Å². The maximum Gasteiger partial charge on any atom is 0.307 e. The summed E-state index contributed by atoms with van der Waals surface area (Å²) < 4.78 is 23.9. The Hall–Kier alpha value is -4.32. The zero-order valence-electron chi connectivity index (χ0n) is 24.8. The second kappa shape index (κ2) is 13.1. The lowest BCUT2D eigenvalue weighted by atomic mass is 9.71. The zero-order valence-corrected chi connectivity index (χ0v) is 25.6. The summed E-state index contributed by atoms with van der Waals surface area (Å²) in [7, 11) is 3.09. The molecule has 1 saturated carbocycles. The first-order valence-corrected chi connectivity index (χ1v) is 15.3. The molecule has 1 aromatic heterocycles. The Labute approximate surface area is 258 Å². The van der Waals surface area contributed by atoms with E-state index in [1.54, 1.807) is 25.2 Å². The molecule has 2 N–H and O–H groups in total. The van der Waals surface area contributed by atoms with E-state index in [9.17, 15) is 24.3 Å². The predicted molar refractivity (Wildman–Crippen MR) is 161 cm³/mol. The first kappa shape index (κ1) is 31.1. The molecule has 0 spiro atoms. The van der Waals surface area contributed by atoms with Gasteiger partial charge in [0.05, 0.1) is 44.1 Å². The van der Waals surface area contributed by atoms with Gasteiger partial charge in [-0.15, -0.1) is 11.3 Å². The number of benzene rings is 2. The van der Waals surface area contributed by atoms with Crippen molar-refractivity contribution in [3.63, 3.8) is 0 Å². The average Bonchev–Trinajstić information content (AvgIpc) is 3.58. The molecule has 1 fully saturated rings. The minimum Gasteiger partial charge on any atom is -0.493 e. The van der Waals surface area contributed by atoms with Gasteiger partial charge >= 0.3 is 11.9 Å². The Morgan fingerprint density at radius 2 is 1.45 bits per heavy atom. The van der Waals surface area contributed by atoms with E-state index < -0.39 is 29.7 Å². The highest BCUT2D eigenvalue weighted by Gasteiger charge is 2.42. The van der Waals surface area contributed by atoms with Crippen molar-refractivity contribution in [2.45, 2.75) is 45.7 Å². The van der Waals surface area contributed by atoms with Crippen LogP contribution in [0.3, 0.4) is 0 Å². The van der Waals surface area contributed by atoms with Crippen LogP contribution in [-0.4, -0.2) is 66.2 Å². The van der Waals surface area contributed by atoms with Crippen LogP contribution in [0.5, 0.6) is 23.0 Å².